The summed E-state index contributed by atoms with van der Waals surface area (Å²) in [6.45, 7) is 6.57. The van der Waals surface area contributed by atoms with E-state index in [-0.39, 0.29) is 0 Å². The Bertz CT molecular complexity index is 442. The van der Waals surface area contributed by atoms with Gasteiger partial charge in [-0.15, -0.1) is 0 Å². The highest BCUT2D eigenvalue weighted by atomic mass is 16.1. The average Bonchev–Trinajstić information content (AvgIpc) is 2.84. The fraction of sp³-hybridized carbons (Fsp3) is 0.938. The first-order chi connectivity index (χ1) is 16.6. The highest BCUT2D eigenvalue weighted by molar-refractivity contribution is 5.78. The molecule has 0 aliphatic carbocycles. The van der Waals surface area contributed by atoms with Crippen LogP contribution < -0.4 is 0 Å². The first kappa shape index (κ1) is 33.3. The molecule has 0 aromatic carbocycles. The molecule has 0 bridgehead atoms. The molecule has 2 heteroatoms. The van der Waals surface area contributed by atoms with Gasteiger partial charge in [0.15, 0.2) is 0 Å². The lowest BCUT2D eigenvalue weighted by molar-refractivity contribution is -0.120. The average molecular weight is 479 g/mol. The van der Waals surface area contributed by atoms with Crippen molar-refractivity contribution in [3.05, 3.63) is 0 Å². The Balaban J connectivity index is 3.27. The Kier molecular flexibility index (Phi) is 26.4. The van der Waals surface area contributed by atoms with E-state index in [1.54, 1.807) is 0 Å². The van der Waals surface area contributed by atoms with Crippen LogP contribution in [0.4, 0.5) is 0 Å². The smallest absolute Gasteiger partial charge is 0.132 e. The van der Waals surface area contributed by atoms with Crippen molar-refractivity contribution in [1.82, 2.24) is 0 Å². The van der Waals surface area contributed by atoms with Gasteiger partial charge < -0.3 is 0 Å². The van der Waals surface area contributed by atoms with Gasteiger partial charge in [0, 0.05) is 25.7 Å². The van der Waals surface area contributed by atoms with Crippen molar-refractivity contribution >= 4 is 11.6 Å². The molecule has 0 spiro atoms. The molecule has 2 nitrogen and oxygen atoms in total. The molecule has 0 unspecified atom stereocenters. The zero-order valence-corrected chi connectivity index (χ0v) is 23.8. The molecule has 0 N–H and O–H groups in total. The van der Waals surface area contributed by atoms with Crippen LogP contribution in [-0.4, -0.2) is 11.6 Å². The summed E-state index contributed by atoms with van der Waals surface area (Å²) in [5.74, 6) is 1.64. The zero-order chi connectivity index (χ0) is 25.1. The number of ketones is 2. The second-order valence-electron chi connectivity index (χ2n) is 11.1. The standard InChI is InChI=1S/C32H62O2/c1-4-6-7-8-16-19-22-25-30(3)28-29-32(34)27-24-21-18-15-13-11-9-10-12-14-17-20-23-26-31(33)5-2/h30H,4-29H2,1-3H3/t30-/m0/s1. The van der Waals surface area contributed by atoms with Crippen LogP contribution in [0.25, 0.3) is 0 Å². The lowest BCUT2D eigenvalue weighted by atomic mass is 9.95. The maximum absolute atomic E-state index is 12.2. The van der Waals surface area contributed by atoms with Crippen LogP contribution in [0, 0.1) is 5.92 Å². The van der Waals surface area contributed by atoms with Gasteiger partial charge >= 0.3 is 0 Å². The Labute approximate surface area is 214 Å². The van der Waals surface area contributed by atoms with Crippen molar-refractivity contribution in [1.29, 1.82) is 0 Å². The quantitative estimate of drug-likeness (QED) is 0.105. The summed E-state index contributed by atoms with van der Waals surface area (Å²) in [7, 11) is 0. The van der Waals surface area contributed by atoms with Gasteiger partial charge in [-0.05, 0) is 25.2 Å². The number of unbranched alkanes of at least 4 members (excludes halogenated alkanes) is 18. The lowest BCUT2D eigenvalue weighted by Crippen LogP contribution is -2.02. The van der Waals surface area contributed by atoms with Gasteiger partial charge in [-0.3, -0.25) is 9.59 Å². The normalized spacial score (nSPS) is 12.2. The minimum absolute atomic E-state index is 0.422. The maximum Gasteiger partial charge on any atom is 0.132 e. The van der Waals surface area contributed by atoms with E-state index in [0.29, 0.717) is 18.0 Å². The summed E-state index contributed by atoms with van der Waals surface area (Å²) >= 11 is 0. The predicted octanol–water partition coefficient (Wildman–Crippen LogP) is 10.9. The third kappa shape index (κ3) is 26.0. The van der Waals surface area contributed by atoms with E-state index in [0.717, 1.165) is 44.4 Å². The summed E-state index contributed by atoms with van der Waals surface area (Å²) < 4.78 is 0. The molecule has 0 rings (SSSR count). The van der Waals surface area contributed by atoms with Crippen LogP contribution >= 0.6 is 0 Å². The molecule has 0 saturated heterocycles. The first-order valence-electron chi connectivity index (χ1n) is 15.6. The van der Waals surface area contributed by atoms with Crippen molar-refractivity contribution in [3.8, 4) is 0 Å². The molecule has 0 aromatic heterocycles. The van der Waals surface area contributed by atoms with Crippen molar-refractivity contribution in [2.24, 2.45) is 5.92 Å². The second-order valence-corrected chi connectivity index (χ2v) is 11.1. The van der Waals surface area contributed by atoms with Crippen LogP contribution in [0.2, 0.25) is 0 Å². The molecule has 202 valence electrons. The van der Waals surface area contributed by atoms with E-state index in [1.807, 2.05) is 6.92 Å². The highest BCUT2D eigenvalue weighted by Crippen LogP contribution is 2.18. The Hall–Kier alpha value is -0.660. The molecule has 0 fully saturated rings. The van der Waals surface area contributed by atoms with Gasteiger partial charge in [-0.2, -0.15) is 0 Å². The number of Topliss-reactive ketones (excluding diaryl/α,β-unsaturated/α-hetero) is 2. The number of carbonyl (C=O) groups excluding carboxylic acids is 2. The van der Waals surface area contributed by atoms with Gasteiger partial charge in [0.05, 0.1) is 0 Å². The Morgan fingerprint density at radius 3 is 1.26 bits per heavy atom. The number of hydrogen-bond acceptors (Lipinski definition) is 2. The van der Waals surface area contributed by atoms with Crippen molar-refractivity contribution < 1.29 is 9.59 Å². The first-order valence-corrected chi connectivity index (χ1v) is 15.6. The zero-order valence-electron chi connectivity index (χ0n) is 23.8. The Morgan fingerprint density at radius 2 is 0.824 bits per heavy atom. The largest absolute Gasteiger partial charge is 0.300 e. The monoisotopic (exact) mass is 478 g/mol. The van der Waals surface area contributed by atoms with E-state index in [4.69, 9.17) is 0 Å². The molecular formula is C32H62O2. The number of hydrogen-bond donors (Lipinski definition) is 0. The van der Waals surface area contributed by atoms with Crippen LogP contribution in [0.3, 0.4) is 0 Å². The molecule has 0 radical (unpaired) electrons. The summed E-state index contributed by atoms with van der Waals surface area (Å²) in [5.41, 5.74) is 0. The fourth-order valence-corrected chi connectivity index (χ4v) is 4.89. The van der Waals surface area contributed by atoms with Crippen molar-refractivity contribution in [3.63, 3.8) is 0 Å². The van der Waals surface area contributed by atoms with E-state index < -0.39 is 0 Å². The van der Waals surface area contributed by atoms with E-state index in [9.17, 15) is 9.59 Å². The van der Waals surface area contributed by atoms with Crippen molar-refractivity contribution in [2.45, 2.75) is 188 Å². The van der Waals surface area contributed by atoms with Gasteiger partial charge in [0.25, 0.3) is 0 Å². The second kappa shape index (κ2) is 26.9. The van der Waals surface area contributed by atoms with Crippen LogP contribution in [0.15, 0.2) is 0 Å². The lowest BCUT2D eigenvalue weighted by Gasteiger charge is -2.10. The molecular weight excluding hydrogens is 416 g/mol. The molecule has 34 heavy (non-hydrogen) atoms. The van der Waals surface area contributed by atoms with Crippen LogP contribution in [0.1, 0.15) is 188 Å². The van der Waals surface area contributed by atoms with Crippen molar-refractivity contribution in [2.75, 3.05) is 0 Å². The van der Waals surface area contributed by atoms with Crippen LogP contribution in [-0.2, 0) is 9.59 Å². The molecule has 1 atom stereocenters. The summed E-state index contributed by atoms with van der Waals surface area (Å²) in [6.07, 6.45) is 32.0. The minimum atomic E-state index is 0.422. The third-order valence-corrected chi connectivity index (χ3v) is 7.52. The number of carbonyl (C=O) groups is 2. The van der Waals surface area contributed by atoms with Gasteiger partial charge in [0.1, 0.15) is 11.6 Å². The topological polar surface area (TPSA) is 34.1 Å². The SMILES string of the molecule is CCCCCCCCC[C@H](C)CCC(=O)CCCCCCCCCCCCCCCC(=O)CC. The predicted molar refractivity (Wildman–Crippen MR) is 151 cm³/mol. The molecule has 0 aromatic rings. The molecule has 0 aliphatic heterocycles. The summed E-state index contributed by atoms with van der Waals surface area (Å²) in [5, 5.41) is 0. The van der Waals surface area contributed by atoms with E-state index in [1.165, 1.54) is 122 Å². The fourth-order valence-electron chi connectivity index (χ4n) is 4.89. The van der Waals surface area contributed by atoms with Gasteiger partial charge in [-0.25, -0.2) is 0 Å². The number of rotatable bonds is 28. The van der Waals surface area contributed by atoms with Crippen LogP contribution in [0.5, 0.6) is 0 Å². The molecule has 0 heterocycles. The summed E-state index contributed by atoms with van der Waals surface area (Å²) in [4.78, 5) is 23.4. The van der Waals surface area contributed by atoms with E-state index in [2.05, 4.69) is 13.8 Å². The Morgan fingerprint density at radius 1 is 0.441 bits per heavy atom. The maximum atomic E-state index is 12.2. The molecule has 0 amide bonds. The minimum Gasteiger partial charge on any atom is -0.300 e. The van der Waals surface area contributed by atoms with E-state index >= 15 is 0 Å². The summed E-state index contributed by atoms with van der Waals surface area (Å²) in [6, 6.07) is 0. The molecule has 0 saturated carbocycles. The highest BCUT2D eigenvalue weighted by Gasteiger charge is 2.07. The third-order valence-electron chi connectivity index (χ3n) is 7.52. The molecule has 0 aliphatic rings. The van der Waals surface area contributed by atoms with Gasteiger partial charge in [-0.1, -0.05) is 143 Å². The van der Waals surface area contributed by atoms with Gasteiger partial charge in [0.2, 0.25) is 0 Å².